The molecule has 1 N–H and O–H groups in total. The van der Waals surface area contributed by atoms with E-state index in [0.717, 1.165) is 29.0 Å². The maximum atomic E-state index is 13.4. The molecule has 150 valence electrons. The second-order valence-corrected chi connectivity index (χ2v) is 7.95. The summed E-state index contributed by atoms with van der Waals surface area (Å²) in [6.45, 7) is 5.73. The Kier molecular flexibility index (Phi) is 6.86. The van der Waals surface area contributed by atoms with Crippen molar-refractivity contribution in [1.82, 2.24) is 0 Å². The Balaban J connectivity index is 1.87. The Hall–Kier alpha value is -1.75. The van der Waals surface area contributed by atoms with Gasteiger partial charge in [-0.05, 0) is 67.6 Å². The average Bonchev–Trinajstić information content (AvgIpc) is 2.68. The van der Waals surface area contributed by atoms with E-state index in [-0.39, 0.29) is 5.91 Å². The number of nitrogens with one attached hydrogen (secondary N) is 1. The van der Waals surface area contributed by atoms with E-state index in [1.807, 2.05) is 31.2 Å². The van der Waals surface area contributed by atoms with Crippen molar-refractivity contribution in [1.29, 1.82) is 0 Å². The number of rotatable bonds is 6. The third-order valence-electron chi connectivity index (χ3n) is 5.12. The minimum absolute atomic E-state index is 0.0818. The first-order valence-corrected chi connectivity index (χ1v) is 10.3. The second-order valence-electron chi connectivity index (χ2n) is 7.10. The lowest BCUT2D eigenvalue weighted by atomic mass is 9.73. The number of carbonyl (C=O) groups excluding carboxylic acids is 1. The number of amides is 1. The molecule has 0 atom stereocenters. The van der Waals surface area contributed by atoms with Gasteiger partial charge >= 0.3 is 0 Å². The molecular weight excluding hydrogens is 397 g/mol. The van der Waals surface area contributed by atoms with Crippen molar-refractivity contribution in [2.45, 2.75) is 38.5 Å². The summed E-state index contributed by atoms with van der Waals surface area (Å²) < 4.78 is 11.2. The van der Waals surface area contributed by atoms with Gasteiger partial charge < -0.3 is 14.8 Å². The van der Waals surface area contributed by atoms with Gasteiger partial charge in [0.1, 0.15) is 5.75 Å². The summed E-state index contributed by atoms with van der Waals surface area (Å²) in [6.07, 6.45) is 2.08. The summed E-state index contributed by atoms with van der Waals surface area (Å²) in [7, 11) is 0. The molecule has 2 aromatic rings. The molecule has 0 unspecified atom stereocenters. The largest absolute Gasteiger partial charge is 0.493 e. The van der Waals surface area contributed by atoms with Crippen molar-refractivity contribution < 1.29 is 14.3 Å². The first-order valence-electron chi connectivity index (χ1n) is 9.54. The summed E-state index contributed by atoms with van der Waals surface area (Å²) in [5.41, 5.74) is 1.77. The average molecular weight is 422 g/mol. The van der Waals surface area contributed by atoms with Crippen LogP contribution in [0.3, 0.4) is 0 Å². The van der Waals surface area contributed by atoms with Gasteiger partial charge in [0.2, 0.25) is 5.91 Å². The third kappa shape index (κ3) is 4.45. The normalized spacial score (nSPS) is 15.9. The summed E-state index contributed by atoms with van der Waals surface area (Å²) in [6, 6.07) is 11.0. The van der Waals surface area contributed by atoms with Crippen LogP contribution in [0.25, 0.3) is 0 Å². The van der Waals surface area contributed by atoms with Crippen LogP contribution in [0.2, 0.25) is 10.0 Å². The summed E-state index contributed by atoms with van der Waals surface area (Å²) in [5, 5.41) is 4.13. The van der Waals surface area contributed by atoms with Gasteiger partial charge in [-0.2, -0.15) is 0 Å². The van der Waals surface area contributed by atoms with Crippen molar-refractivity contribution in [3.05, 3.63) is 57.6 Å². The lowest BCUT2D eigenvalue weighted by molar-refractivity contribution is -0.125. The molecule has 0 bridgehead atoms. The highest BCUT2D eigenvalue weighted by molar-refractivity contribution is 6.35. The van der Waals surface area contributed by atoms with Crippen molar-refractivity contribution in [2.24, 2.45) is 0 Å². The highest BCUT2D eigenvalue weighted by Gasteiger charge is 2.43. The van der Waals surface area contributed by atoms with Crippen molar-refractivity contribution in [3.8, 4) is 5.75 Å². The van der Waals surface area contributed by atoms with Gasteiger partial charge in [0.25, 0.3) is 0 Å². The predicted octanol–water partition coefficient (Wildman–Crippen LogP) is 5.78. The smallest absolute Gasteiger partial charge is 0.235 e. The molecular formula is C22H25Cl2NO3. The van der Waals surface area contributed by atoms with Gasteiger partial charge in [0, 0.05) is 28.9 Å². The van der Waals surface area contributed by atoms with Gasteiger partial charge in [0.15, 0.2) is 0 Å². The predicted molar refractivity (Wildman–Crippen MR) is 114 cm³/mol. The van der Waals surface area contributed by atoms with Gasteiger partial charge in [-0.1, -0.05) is 36.2 Å². The third-order valence-corrected chi connectivity index (χ3v) is 5.67. The molecule has 1 fully saturated rings. The van der Waals surface area contributed by atoms with Gasteiger partial charge in [0.05, 0.1) is 12.0 Å². The van der Waals surface area contributed by atoms with E-state index in [1.54, 1.807) is 12.1 Å². The molecule has 3 rings (SSSR count). The molecule has 1 heterocycles. The number of benzene rings is 2. The Bertz CT molecular complexity index is 848. The zero-order chi connectivity index (χ0) is 20.1. The molecule has 0 radical (unpaired) electrons. The van der Waals surface area contributed by atoms with Crippen LogP contribution in [-0.4, -0.2) is 25.7 Å². The standard InChI is InChI=1S/C22H25Cl2NO3/c1-3-10-28-20-7-5-17(13-15(20)2)25-21(26)22(8-11-27-12-9-22)18-6-4-16(23)14-19(18)24/h4-7,13-14H,3,8-12H2,1-2H3,(H,25,26). The van der Waals surface area contributed by atoms with Crippen molar-refractivity contribution in [2.75, 3.05) is 25.1 Å². The SMILES string of the molecule is CCCOc1ccc(NC(=O)C2(c3ccc(Cl)cc3Cl)CCOCC2)cc1C. The van der Waals surface area contributed by atoms with Crippen LogP contribution in [-0.2, 0) is 14.9 Å². The first kappa shape index (κ1) is 21.0. The lowest BCUT2D eigenvalue weighted by Crippen LogP contribution is -2.45. The van der Waals surface area contributed by atoms with Gasteiger partial charge in [-0.15, -0.1) is 0 Å². The minimum Gasteiger partial charge on any atom is -0.493 e. The van der Waals surface area contributed by atoms with Crippen LogP contribution >= 0.6 is 23.2 Å². The molecule has 0 aliphatic carbocycles. The van der Waals surface area contributed by atoms with Crippen molar-refractivity contribution >= 4 is 34.8 Å². The number of hydrogen-bond donors (Lipinski definition) is 1. The Morgan fingerprint density at radius 1 is 1.18 bits per heavy atom. The minimum atomic E-state index is -0.745. The molecule has 0 spiro atoms. The van der Waals surface area contributed by atoms with Gasteiger partial charge in [-0.3, -0.25) is 4.79 Å². The van der Waals surface area contributed by atoms with Crippen LogP contribution < -0.4 is 10.1 Å². The quantitative estimate of drug-likeness (QED) is 0.642. The van der Waals surface area contributed by atoms with E-state index in [9.17, 15) is 4.79 Å². The number of carbonyl (C=O) groups is 1. The Morgan fingerprint density at radius 2 is 1.93 bits per heavy atom. The fourth-order valence-corrected chi connectivity index (χ4v) is 4.16. The molecule has 0 aromatic heterocycles. The topological polar surface area (TPSA) is 47.6 Å². The monoisotopic (exact) mass is 421 g/mol. The zero-order valence-electron chi connectivity index (χ0n) is 16.2. The maximum Gasteiger partial charge on any atom is 0.235 e. The van der Waals surface area contributed by atoms with E-state index in [0.29, 0.717) is 42.7 Å². The second kappa shape index (κ2) is 9.17. The number of ether oxygens (including phenoxy) is 2. The van der Waals surface area contributed by atoms with Crippen LogP contribution in [0.1, 0.15) is 37.3 Å². The molecule has 0 saturated carbocycles. The summed E-state index contributed by atoms with van der Waals surface area (Å²) in [4.78, 5) is 13.4. The molecule has 4 nitrogen and oxygen atoms in total. The Morgan fingerprint density at radius 3 is 2.57 bits per heavy atom. The van der Waals surface area contributed by atoms with Crippen molar-refractivity contribution in [3.63, 3.8) is 0 Å². The number of hydrogen-bond acceptors (Lipinski definition) is 3. The van der Waals surface area contributed by atoms with E-state index >= 15 is 0 Å². The van der Waals surface area contributed by atoms with E-state index in [2.05, 4.69) is 12.2 Å². The van der Waals surface area contributed by atoms with Crippen LogP contribution in [0.4, 0.5) is 5.69 Å². The highest BCUT2D eigenvalue weighted by atomic mass is 35.5. The van der Waals surface area contributed by atoms with Gasteiger partial charge in [-0.25, -0.2) is 0 Å². The molecule has 2 aromatic carbocycles. The Labute approximate surface area is 176 Å². The van der Waals surface area contributed by atoms with Crippen LogP contribution in [0, 0.1) is 6.92 Å². The fourth-order valence-electron chi connectivity index (χ4n) is 3.57. The molecule has 1 saturated heterocycles. The summed E-state index contributed by atoms with van der Waals surface area (Å²) >= 11 is 12.5. The van der Waals surface area contributed by atoms with E-state index < -0.39 is 5.41 Å². The first-order chi connectivity index (χ1) is 13.5. The van der Waals surface area contributed by atoms with E-state index in [4.69, 9.17) is 32.7 Å². The summed E-state index contributed by atoms with van der Waals surface area (Å²) in [5.74, 6) is 0.753. The molecule has 1 aliphatic rings. The maximum absolute atomic E-state index is 13.4. The zero-order valence-corrected chi connectivity index (χ0v) is 17.7. The van der Waals surface area contributed by atoms with Crippen LogP contribution in [0.15, 0.2) is 36.4 Å². The number of anilines is 1. The number of halogens is 2. The number of aryl methyl sites for hydroxylation is 1. The highest BCUT2D eigenvalue weighted by Crippen LogP contribution is 2.40. The lowest BCUT2D eigenvalue weighted by Gasteiger charge is -2.37. The molecule has 1 aliphatic heterocycles. The molecule has 28 heavy (non-hydrogen) atoms. The fraction of sp³-hybridized carbons (Fsp3) is 0.409. The van der Waals surface area contributed by atoms with E-state index in [1.165, 1.54) is 0 Å². The van der Waals surface area contributed by atoms with Crippen LogP contribution in [0.5, 0.6) is 5.75 Å². The molecule has 6 heteroatoms. The molecule has 1 amide bonds.